The molecule has 7 nitrogen and oxygen atoms in total. The van der Waals surface area contributed by atoms with Gasteiger partial charge in [-0.15, -0.1) is 0 Å². The van der Waals surface area contributed by atoms with Crippen LogP contribution in [0.5, 0.6) is 0 Å². The van der Waals surface area contributed by atoms with Gasteiger partial charge in [-0.2, -0.15) is 5.10 Å². The number of benzene rings is 1. The summed E-state index contributed by atoms with van der Waals surface area (Å²) in [4.78, 5) is 19.3. The molecule has 1 saturated heterocycles. The van der Waals surface area contributed by atoms with Crippen LogP contribution in [0.25, 0.3) is 10.9 Å². The Labute approximate surface area is 155 Å². The van der Waals surface area contributed by atoms with Crippen LogP contribution in [0.3, 0.4) is 0 Å². The number of fused-ring (bicyclic) bond motifs is 1. The van der Waals surface area contributed by atoms with Crippen molar-refractivity contribution >= 4 is 34.2 Å². The maximum atomic E-state index is 12.5. The molecule has 1 aliphatic heterocycles. The molecule has 0 spiro atoms. The topological polar surface area (TPSA) is 83.1 Å². The molecular weight excluding hydrogens is 354 g/mol. The third-order valence-electron chi connectivity index (χ3n) is 4.30. The summed E-state index contributed by atoms with van der Waals surface area (Å²) in [5.74, 6) is 0.633. The molecule has 1 amide bonds. The lowest BCUT2D eigenvalue weighted by atomic mass is 10.2. The lowest BCUT2D eigenvalue weighted by Gasteiger charge is -2.28. The van der Waals surface area contributed by atoms with Crippen LogP contribution in [-0.4, -0.2) is 47.4 Å². The molecule has 0 saturated carbocycles. The minimum Gasteiger partial charge on any atom is -0.378 e. The SMILES string of the molecule is O=C(NCc1cccc(N2CCOCC2)n1)c1n[nH]c2ccc(Cl)cc12. The number of pyridine rings is 1. The van der Waals surface area contributed by atoms with Crippen molar-refractivity contribution in [3.05, 3.63) is 52.8 Å². The average Bonchev–Trinajstić information content (AvgIpc) is 3.10. The molecule has 4 rings (SSSR count). The van der Waals surface area contributed by atoms with Crippen LogP contribution in [0.15, 0.2) is 36.4 Å². The largest absolute Gasteiger partial charge is 0.378 e. The number of hydrogen-bond acceptors (Lipinski definition) is 5. The first-order chi connectivity index (χ1) is 12.7. The smallest absolute Gasteiger partial charge is 0.272 e. The summed E-state index contributed by atoms with van der Waals surface area (Å²) >= 11 is 6.02. The molecule has 1 fully saturated rings. The van der Waals surface area contributed by atoms with Crippen LogP contribution in [0.1, 0.15) is 16.2 Å². The van der Waals surface area contributed by atoms with E-state index in [-0.39, 0.29) is 5.91 Å². The highest BCUT2D eigenvalue weighted by molar-refractivity contribution is 6.31. The summed E-state index contributed by atoms with van der Waals surface area (Å²) in [5, 5.41) is 11.1. The molecule has 1 aliphatic rings. The van der Waals surface area contributed by atoms with Gasteiger partial charge in [-0.1, -0.05) is 17.7 Å². The van der Waals surface area contributed by atoms with Crippen molar-refractivity contribution in [1.29, 1.82) is 0 Å². The van der Waals surface area contributed by atoms with Gasteiger partial charge in [-0.25, -0.2) is 4.98 Å². The van der Waals surface area contributed by atoms with Gasteiger partial charge in [0.25, 0.3) is 5.91 Å². The number of morpholine rings is 1. The first-order valence-electron chi connectivity index (χ1n) is 8.41. The number of hydrogen-bond donors (Lipinski definition) is 2. The Kier molecular flexibility index (Phi) is 4.73. The van der Waals surface area contributed by atoms with Gasteiger partial charge in [-0.05, 0) is 30.3 Å². The van der Waals surface area contributed by atoms with E-state index in [0.29, 0.717) is 35.9 Å². The lowest BCUT2D eigenvalue weighted by molar-refractivity contribution is 0.0947. The number of anilines is 1. The molecule has 3 aromatic rings. The van der Waals surface area contributed by atoms with E-state index in [2.05, 4.69) is 25.4 Å². The van der Waals surface area contributed by atoms with Crippen LogP contribution in [0.2, 0.25) is 5.02 Å². The number of H-pyrrole nitrogens is 1. The van der Waals surface area contributed by atoms with Crippen molar-refractivity contribution in [3.8, 4) is 0 Å². The number of nitrogens with zero attached hydrogens (tertiary/aromatic N) is 3. The number of rotatable bonds is 4. The first-order valence-corrected chi connectivity index (χ1v) is 8.79. The number of ether oxygens (including phenoxy) is 1. The second-order valence-electron chi connectivity index (χ2n) is 6.03. The zero-order valence-corrected chi connectivity index (χ0v) is 14.8. The van der Waals surface area contributed by atoms with Gasteiger partial charge in [0.2, 0.25) is 0 Å². The minimum atomic E-state index is -0.267. The van der Waals surface area contributed by atoms with Gasteiger partial charge in [0.05, 0.1) is 31.0 Å². The van der Waals surface area contributed by atoms with E-state index in [4.69, 9.17) is 16.3 Å². The maximum absolute atomic E-state index is 12.5. The molecule has 26 heavy (non-hydrogen) atoms. The predicted molar refractivity (Wildman–Crippen MR) is 99.5 cm³/mol. The van der Waals surface area contributed by atoms with Crippen molar-refractivity contribution < 1.29 is 9.53 Å². The summed E-state index contributed by atoms with van der Waals surface area (Å²) in [6.45, 7) is 3.38. The molecule has 0 bridgehead atoms. The van der Waals surface area contributed by atoms with Crippen molar-refractivity contribution in [2.24, 2.45) is 0 Å². The molecule has 0 unspecified atom stereocenters. The van der Waals surface area contributed by atoms with E-state index in [0.717, 1.165) is 30.1 Å². The highest BCUT2D eigenvalue weighted by atomic mass is 35.5. The average molecular weight is 372 g/mol. The molecular formula is C18H18ClN5O2. The predicted octanol–water partition coefficient (Wildman–Crippen LogP) is 2.38. The van der Waals surface area contributed by atoms with Gasteiger partial charge >= 0.3 is 0 Å². The summed E-state index contributed by atoms with van der Waals surface area (Å²) in [5.41, 5.74) is 1.89. The third kappa shape index (κ3) is 3.49. The fourth-order valence-corrected chi connectivity index (χ4v) is 3.12. The monoisotopic (exact) mass is 371 g/mol. The maximum Gasteiger partial charge on any atom is 0.272 e. The van der Waals surface area contributed by atoms with Crippen molar-refractivity contribution in [3.63, 3.8) is 0 Å². The molecule has 1 aromatic carbocycles. The number of amides is 1. The molecule has 0 radical (unpaired) electrons. The number of nitrogens with one attached hydrogen (secondary N) is 2. The van der Waals surface area contributed by atoms with E-state index in [1.807, 2.05) is 18.2 Å². The van der Waals surface area contributed by atoms with Gasteiger partial charge in [0.1, 0.15) is 5.82 Å². The number of halogens is 1. The van der Waals surface area contributed by atoms with E-state index in [1.54, 1.807) is 18.2 Å². The standard InChI is InChI=1S/C18H18ClN5O2/c19-12-4-5-15-14(10-12)17(23-22-15)18(25)20-11-13-2-1-3-16(21-13)24-6-8-26-9-7-24/h1-5,10H,6-9,11H2,(H,20,25)(H,22,23). The van der Waals surface area contributed by atoms with Crippen molar-refractivity contribution in [2.45, 2.75) is 6.54 Å². The van der Waals surface area contributed by atoms with E-state index in [1.165, 1.54) is 0 Å². The van der Waals surface area contributed by atoms with Gasteiger partial charge < -0.3 is 15.0 Å². The molecule has 134 valence electrons. The van der Waals surface area contributed by atoms with Gasteiger partial charge in [0, 0.05) is 23.5 Å². The van der Waals surface area contributed by atoms with E-state index in [9.17, 15) is 4.79 Å². The molecule has 2 N–H and O–H groups in total. The Morgan fingerprint density at radius 3 is 2.96 bits per heavy atom. The Balaban J connectivity index is 1.46. The van der Waals surface area contributed by atoms with Crippen LogP contribution in [0, 0.1) is 0 Å². The lowest BCUT2D eigenvalue weighted by Crippen LogP contribution is -2.37. The van der Waals surface area contributed by atoms with E-state index < -0.39 is 0 Å². The molecule has 3 heterocycles. The molecule has 0 aliphatic carbocycles. The molecule has 0 atom stereocenters. The number of carbonyl (C=O) groups is 1. The van der Waals surface area contributed by atoms with Crippen LogP contribution >= 0.6 is 11.6 Å². The Hall–Kier alpha value is -2.64. The van der Waals surface area contributed by atoms with Gasteiger partial charge in [0.15, 0.2) is 5.69 Å². The zero-order chi connectivity index (χ0) is 17.9. The molecule has 2 aromatic heterocycles. The minimum absolute atomic E-state index is 0.267. The van der Waals surface area contributed by atoms with Crippen LogP contribution in [-0.2, 0) is 11.3 Å². The quantitative estimate of drug-likeness (QED) is 0.735. The van der Waals surface area contributed by atoms with E-state index >= 15 is 0 Å². The van der Waals surface area contributed by atoms with Crippen LogP contribution in [0.4, 0.5) is 5.82 Å². The van der Waals surface area contributed by atoms with Gasteiger partial charge in [-0.3, -0.25) is 9.89 Å². The summed E-state index contributed by atoms with van der Waals surface area (Å²) in [6, 6.07) is 11.1. The molecule has 8 heteroatoms. The first kappa shape index (κ1) is 16.8. The Bertz CT molecular complexity index is 936. The Morgan fingerprint density at radius 2 is 2.12 bits per heavy atom. The number of carbonyl (C=O) groups excluding carboxylic acids is 1. The summed E-state index contributed by atoms with van der Waals surface area (Å²) in [7, 11) is 0. The number of aromatic amines is 1. The van der Waals surface area contributed by atoms with Crippen molar-refractivity contribution in [1.82, 2.24) is 20.5 Å². The normalized spacial score (nSPS) is 14.6. The zero-order valence-electron chi connectivity index (χ0n) is 14.0. The Morgan fingerprint density at radius 1 is 1.27 bits per heavy atom. The fourth-order valence-electron chi connectivity index (χ4n) is 2.95. The highest BCUT2D eigenvalue weighted by Gasteiger charge is 2.15. The second kappa shape index (κ2) is 7.31. The third-order valence-corrected chi connectivity index (χ3v) is 4.53. The van der Waals surface area contributed by atoms with Crippen molar-refractivity contribution in [2.75, 3.05) is 31.2 Å². The number of aromatic nitrogens is 3. The highest BCUT2D eigenvalue weighted by Crippen LogP contribution is 2.20. The second-order valence-corrected chi connectivity index (χ2v) is 6.47. The summed E-state index contributed by atoms with van der Waals surface area (Å²) in [6.07, 6.45) is 0. The van der Waals surface area contributed by atoms with Crippen LogP contribution < -0.4 is 10.2 Å². The summed E-state index contributed by atoms with van der Waals surface area (Å²) < 4.78 is 5.37. The fraction of sp³-hybridized carbons (Fsp3) is 0.278.